The van der Waals surface area contributed by atoms with Crippen LogP contribution < -0.4 is 11.1 Å². The highest BCUT2D eigenvalue weighted by molar-refractivity contribution is 7.90. The van der Waals surface area contributed by atoms with Gasteiger partial charge in [-0.05, 0) is 12.1 Å². The van der Waals surface area contributed by atoms with Crippen molar-refractivity contribution >= 4 is 38.9 Å². The molecule has 0 atom stereocenters. The van der Waals surface area contributed by atoms with E-state index in [2.05, 4.69) is 15.3 Å². The zero-order valence-corrected chi connectivity index (χ0v) is 11.8. The molecule has 2 aromatic rings. The Kier molecular flexibility index (Phi) is 3.78. The van der Waals surface area contributed by atoms with E-state index in [0.717, 1.165) is 12.3 Å². The van der Waals surface area contributed by atoms with Crippen molar-refractivity contribution in [1.29, 1.82) is 0 Å². The molecule has 0 bridgehead atoms. The Bertz CT molecular complexity index is 767. The predicted molar refractivity (Wildman–Crippen MR) is 74.2 cm³/mol. The van der Waals surface area contributed by atoms with Gasteiger partial charge in [-0.1, -0.05) is 17.7 Å². The van der Waals surface area contributed by atoms with Crippen LogP contribution in [0.25, 0.3) is 0 Å². The summed E-state index contributed by atoms with van der Waals surface area (Å²) in [4.78, 5) is 7.25. The summed E-state index contributed by atoms with van der Waals surface area (Å²) in [6.45, 7) is 0. The van der Waals surface area contributed by atoms with Gasteiger partial charge in [0.1, 0.15) is 10.8 Å². The second kappa shape index (κ2) is 5.22. The van der Waals surface area contributed by atoms with E-state index < -0.39 is 15.7 Å². The molecule has 106 valence electrons. The fourth-order valence-electron chi connectivity index (χ4n) is 1.52. The monoisotopic (exact) mass is 316 g/mol. The quantitative estimate of drug-likeness (QED) is 0.898. The number of anilines is 3. The number of hydrogen-bond donors (Lipinski definition) is 2. The van der Waals surface area contributed by atoms with Gasteiger partial charge in [-0.15, -0.1) is 0 Å². The fourth-order valence-corrected chi connectivity index (χ4v) is 2.50. The van der Waals surface area contributed by atoms with Crippen LogP contribution in [0.2, 0.25) is 5.02 Å². The second-order valence-corrected chi connectivity index (χ2v) is 6.33. The Morgan fingerprint density at radius 3 is 2.75 bits per heavy atom. The van der Waals surface area contributed by atoms with E-state index in [1.807, 2.05) is 0 Å². The summed E-state index contributed by atoms with van der Waals surface area (Å²) in [5.41, 5.74) is 5.17. The summed E-state index contributed by atoms with van der Waals surface area (Å²) in [5, 5.41) is 2.62. The normalized spacial score (nSPS) is 11.3. The molecule has 3 N–H and O–H groups in total. The van der Waals surface area contributed by atoms with Crippen molar-refractivity contribution in [3.63, 3.8) is 0 Å². The molecule has 0 fully saturated rings. The first-order valence-electron chi connectivity index (χ1n) is 5.32. The van der Waals surface area contributed by atoms with Gasteiger partial charge in [0.15, 0.2) is 15.7 Å². The molecule has 6 nitrogen and oxygen atoms in total. The lowest BCUT2D eigenvalue weighted by Crippen LogP contribution is -2.07. The lowest BCUT2D eigenvalue weighted by atomic mass is 10.3. The number of nitrogen functional groups attached to an aromatic ring is 1. The number of nitrogens with zero attached hydrogens (tertiary/aromatic N) is 2. The molecule has 1 aromatic carbocycles. The van der Waals surface area contributed by atoms with Gasteiger partial charge in [-0.2, -0.15) is 4.98 Å². The van der Waals surface area contributed by atoms with Gasteiger partial charge in [-0.3, -0.25) is 0 Å². The summed E-state index contributed by atoms with van der Waals surface area (Å²) in [5.74, 6) is -0.801. The first-order valence-corrected chi connectivity index (χ1v) is 7.59. The van der Waals surface area contributed by atoms with Gasteiger partial charge in [0.25, 0.3) is 0 Å². The zero-order valence-electron chi connectivity index (χ0n) is 10.3. The number of rotatable bonds is 3. The molecular formula is C11H10ClFN4O2S. The highest BCUT2D eigenvalue weighted by atomic mass is 35.5. The Balaban J connectivity index is 2.57. The predicted octanol–water partition coefficient (Wildman–Crippen LogP) is 2.00. The second-order valence-electron chi connectivity index (χ2n) is 3.93. The summed E-state index contributed by atoms with van der Waals surface area (Å²) >= 11 is 5.85. The molecule has 20 heavy (non-hydrogen) atoms. The Morgan fingerprint density at radius 2 is 2.10 bits per heavy atom. The van der Waals surface area contributed by atoms with Gasteiger partial charge < -0.3 is 11.1 Å². The number of sulfone groups is 1. The van der Waals surface area contributed by atoms with Crippen molar-refractivity contribution in [2.24, 2.45) is 0 Å². The number of nitrogens with one attached hydrogen (secondary N) is 1. The molecular weight excluding hydrogens is 307 g/mol. The van der Waals surface area contributed by atoms with Gasteiger partial charge >= 0.3 is 0 Å². The minimum absolute atomic E-state index is 0.0224. The highest BCUT2D eigenvalue weighted by Crippen LogP contribution is 2.30. The summed E-state index contributed by atoms with van der Waals surface area (Å²) in [6.07, 6.45) is 2.20. The van der Waals surface area contributed by atoms with Crippen LogP contribution in [0.5, 0.6) is 0 Å². The zero-order chi connectivity index (χ0) is 14.9. The summed E-state index contributed by atoms with van der Waals surface area (Å²) < 4.78 is 37.2. The summed E-state index contributed by atoms with van der Waals surface area (Å²) in [6, 6.07) is 3.70. The maximum Gasteiger partial charge on any atom is 0.222 e. The lowest BCUT2D eigenvalue weighted by Gasteiger charge is -2.12. The van der Waals surface area contributed by atoms with E-state index >= 15 is 0 Å². The summed E-state index contributed by atoms with van der Waals surface area (Å²) in [7, 11) is -3.62. The molecule has 9 heteroatoms. The van der Waals surface area contributed by atoms with Crippen LogP contribution in [0, 0.1) is 5.82 Å². The van der Waals surface area contributed by atoms with Gasteiger partial charge in [-0.25, -0.2) is 17.8 Å². The van der Waals surface area contributed by atoms with Crippen LogP contribution in [0.4, 0.5) is 21.8 Å². The van der Waals surface area contributed by atoms with Crippen LogP contribution in [0.15, 0.2) is 29.3 Å². The minimum Gasteiger partial charge on any atom is -0.368 e. The maximum atomic E-state index is 13.9. The fraction of sp³-hybridized carbons (Fsp3) is 0.0909. The molecule has 2 rings (SSSR count). The topological polar surface area (TPSA) is 98.0 Å². The van der Waals surface area contributed by atoms with Crippen molar-refractivity contribution in [2.45, 2.75) is 4.90 Å². The number of para-hydroxylation sites is 1. The number of halogens is 2. The SMILES string of the molecule is CS(=O)(=O)c1cccc(F)c1Nc1nc(N)ncc1Cl. The van der Waals surface area contributed by atoms with Crippen LogP contribution >= 0.6 is 11.6 Å². The Morgan fingerprint density at radius 1 is 1.40 bits per heavy atom. The number of hydrogen-bond acceptors (Lipinski definition) is 6. The number of nitrogens with two attached hydrogens (primary N) is 1. The van der Waals surface area contributed by atoms with Crippen LogP contribution in [-0.2, 0) is 9.84 Å². The van der Waals surface area contributed by atoms with E-state index in [0.29, 0.717) is 0 Å². The third-order valence-corrected chi connectivity index (χ3v) is 3.80. The maximum absolute atomic E-state index is 13.9. The van der Waals surface area contributed by atoms with Gasteiger partial charge in [0.2, 0.25) is 5.95 Å². The van der Waals surface area contributed by atoms with Crippen molar-refractivity contribution in [3.8, 4) is 0 Å². The standard InChI is InChI=1S/C11H10ClFN4O2S/c1-20(18,19)8-4-2-3-7(13)9(8)16-10-6(12)5-15-11(14)17-10/h2-5H,1H3,(H3,14,15,16,17). The molecule has 0 aliphatic rings. The van der Waals surface area contributed by atoms with Crippen molar-refractivity contribution in [3.05, 3.63) is 35.2 Å². The Hall–Kier alpha value is -1.93. The largest absolute Gasteiger partial charge is 0.368 e. The van der Waals surface area contributed by atoms with E-state index in [-0.39, 0.29) is 27.4 Å². The first kappa shape index (κ1) is 14.5. The third kappa shape index (κ3) is 2.97. The van der Waals surface area contributed by atoms with Crippen molar-refractivity contribution < 1.29 is 12.8 Å². The highest BCUT2D eigenvalue weighted by Gasteiger charge is 2.18. The average molecular weight is 317 g/mol. The first-order chi connectivity index (χ1) is 9.29. The Labute approximate surface area is 119 Å². The third-order valence-electron chi connectivity index (χ3n) is 2.38. The van der Waals surface area contributed by atoms with E-state index in [4.69, 9.17) is 17.3 Å². The molecule has 0 aliphatic carbocycles. The minimum atomic E-state index is -3.62. The molecule has 0 aliphatic heterocycles. The lowest BCUT2D eigenvalue weighted by molar-refractivity contribution is 0.597. The van der Waals surface area contributed by atoms with Crippen LogP contribution in [0.1, 0.15) is 0 Å². The molecule has 0 amide bonds. The van der Waals surface area contributed by atoms with E-state index in [1.165, 1.54) is 18.3 Å². The molecule has 1 heterocycles. The van der Waals surface area contributed by atoms with E-state index in [9.17, 15) is 12.8 Å². The van der Waals surface area contributed by atoms with Crippen molar-refractivity contribution in [2.75, 3.05) is 17.3 Å². The molecule has 0 radical (unpaired) electrons. The number of benzene rings is 1. The van der Waals surface area contributed by atoms with Crippen LogP contribution in [0.3, 0.4) is 0 Å². The van der Waals surface area contributed by atoms with Crippen molar-refractivity contribution in [1.82, 2.24) is 9.97 Å². The molecule has 0 saturated heterocycles. The van der Waals surface area contributed by atoms with Gasteiger partial charge in [0, 0.05) is 6.26 Å². The molecule has 0 spiro atoms. The van der Waals surface area contributed by atoms with Crippen LogP contribution in [-0.4, -0.2) is 24.6 Å². The smallest absolute Gasteiger partial charge is 0.222 e. The average Bonchev–Trinajstić information content (AvgIpc) is 2.35. The molecule has 0 saturated carbocycles. The van der Waals surface area contributed by atoms with Gasteiger partial charge in [0.05, 0.1) is 16.8 Å². The molecule has 0 unspecified atom stereocenters. The van der Waals surface area contributed by atoms with E-state index in [1.54, 1.807) is 0 Å². The number of aromatic nitrogens is 2. The molecule has 1 aromatic heterocycles.